The lowest BCUT2D eigenvalue weighted by Crippen LogP contribution is -2.44. The van der Waals surface area contributed by atoms with E-state index in [1.807, 2.05) is 6.21 Å². The Bertz CT molecular complexity index is 599. The molecule has 0 N–H and O–H groups in total. The van der Waals surface area contributed by atoms with Gasteiger partial charge in [-0.2, -0.15) is 5.10 Å². The molecule has 1 heterocycles. The Balaban J connectivity index is 1.56. The van der Waals surface area contributed by atoms with E-state index in [2.05, 4.69) is 76.5 Å². The molecular formula is C18H21N3. The van der Waals surface area contributed by atoms with Gasteiger partial charge in [0.15, 0.2) is 0 Å². The SMILES string of the molecule is Cc1cccc(/C=N\N2CCN(c3ccccc3)CC2)c1. The Hall–Kier alpha value is -2.29. The molecule has 1 aliphatic rings. The van der Waals surface area contributed by atoms with Crippen molar-refractivity contribution in [2.75, 3.05) is 31.1 Å². The number of anilines is 1. The van der Waals surface area contributed by atoms with Crippen molar-refractivity contribution in [3.63, 3.8) is 0 Å². The molecule has 2 aromatic rings. The van der Waals surface area contributed by atoms with Crippen molar-refractivity contribution < 1.29 is 0 Å². The topological polar surface area (TPSA) is 18.8 Å². The fourth-order valence-electron chi connectivity index (χ4n) is 2.61. The molecule has 0 radical (unpaired) electrons. The van der Waals surface area contributed by atoms with Gasteiger partial charge in [-0.05, 0) is 24.6 Å². The third-order valence-electron chi connectivity index (χ3n) is 3.79. The first-order chi connectivity index (χ1) is 10.3. The van der Waals surface area contributed by atoms with E-state index in [0.717, 1.165) is 26.2 Å². The highest BCUT2D eigenvalue weighted by Crippen LogP contribution is 2.15. The van der Waals surface area contributed by atoms with Gasteiger partial charge < -0.3 is 4.90 Å². The molecule has 0 aromatic heterocycles. The molecule has 1 aliphatic heterocycles. The normalized spacial score (nSPS) is 15.7. The van der Waals surface area contributed by atoms with Crippen LogP contribution in [0.15, 0.2) is 59.7 Å². The summed E-state index contributed by atoms with van der Waals surface area (Å²) in [6.07, 6.45) is 1.96. The Labute approximate surface area is 126 Å². The Morgan fingerprint density at radius 3 is 2.38 bits per heavy atom. The molecule has 0 spiro atoms. The van der Waals surface area contributed by atoms with Crippen molar-refractivity contribution >= 4 is 11.9 Å². The zero-order chi connectivity index (χ0) is 14.5. The summed E-state index contributed by atoms with van der Waals surface area (Å²) in [4.78, 5) is 2.42. The number of piperazine rings is 1. The van der Waals surface area contributed by atoms with E-state index >= 15 is 0 Å². The van der Waals surface area contributed by atoms with Crippen molar-refractivity contribution in [3.8, 4) is 0 Å². The van der Waals surface area contributed by atoms with Gasteiger partial charge in [-0.25, -0.2) is 0 Å². The highest BCUT2D eigenvalue weighted by Gasteiger charge is 2.15. The zero-order valence-corrected chi connectivity index (χ0v) is 12.4. The summed E-state index contributed by atoms with van der Waals surface area (Å²) in [5.41, 5.74) is 3.74. The van der Waals surface area contributed by atoms with E-state index in [-0.39, 0.29) is 0 Å². The predicted octanol–water partition coefficient (Wildman–Crippen LogP) is 3.15. The summed E-state index contributed by atoms with van der Waals surface area (Å²) in [7, 11) is 0. The molecule has 0 amide bonds. The van der Waals surface area contributed by atoms with Crippen molar-refractivity contribution in [1.29, 1.82) is 0 Å². The van der Waals surface area contributed by atoms with E-state index in [1.165, 1.54) is 16.8 Å². The minimum Gasteiger partial charge on any atom is -0.368 e. The van der Waals surface area contributed by atoms with Crippen LogP contribution in [0.1, 0.15) is 11.1 Å². The highest BCUT2D eigenvalue weighted by atomic mass is 15.5. The van der Waals surface area contributed by atoms with E-state index < -0.39 is 0 Å². The molecule has 0 unspecified atom stereocenters. The van der Waals surface area contributed by atoms with Crippen LogP contribution in [-0.4, -0.2) is 37.4 Å². The van der Waals surface area contributed by atoms with Crippen molar-refractivity contribution in [2.24, 2.45) is 5.10 Å². The van der Waals surface area contributed by atoms with Gasteiger partial charge in [0.25, 0.3) is 0 Å². The molecule has 3 heteroatoms. The molecule has 1 saturated heterocycles. The van der Waals surface area contributed by atoms with Crippen LogP contribution in [-0.2, 0) is 0 Å². The van der Waals surface area contributed by atoms with E-state index in [1.54, 1.807) is 0 Å². The van der Waals surface area contributed by atoms with Crippen LogP contribution in [0.5, 0.6) is 0 Å². The summed E-state index contributed by atoms with van der Waals surface area (Å²) in [6, 6.07) is 19.0. The second kappa shape index (κ2) is 6.44. The third kappa shape index (κ3) is 3.63. The fourth-order valence-corrected chi connectivity index (χ4v) is 2.61. The molecular weight excluding hydrogens is 258 g/mol. The Morgan fingerprint density at radius 1 is 0.905 bits per heavy atom. The molecule has 1 fully saturated rings. The van der Waals surface area contributed by atoms with Crippen LogP contribution in [0.2, 0.25) is 0 Å². The summed E-state index contributed by atoms with van der Waals surface area (Å²) in [6.45, 7) is 6.09. The number of nitrogens with zero attached hydrogens (tertiary/aromatic N) is 3. The smallest absolute Gasteiger partial charge is 0.0543 e. The molecule has 21 heavy (non-hydrogen) atoms. The molecule has 0 atom stereocenters. The number of hydrogen-bond donors (Lipinski definition) is 0. The lowest BCUT2D eigenvalue weighted by atomic mass is 10.2. The van der Waals surface area contributed by atoms with Crippen LogP contribution in [0.4, 0.5) is 5.69 Å². The van der Waals surface area contributed by atoms with Gasteiger partial charge >= 0.3 is 0 Å². The maximum absolute atomic E-state index is 4.60. The van der Waals surface area contributed by atoms with Crippen molar-refractivity contribution in [2.45, 2.75) is 6.92 Å². The average Bonchev–Trinajstić information content (AvgIpc) is 2.54. The zero-order valence-electron chi connectivity index (χ0n) is 12.4. The number of hydrazone groups is 1. The van der Waals surface area contributed by atoms with Crippen molar-refractivity contribution in [3.05, 3.63) is 65.7 Å². The monoisotopic (exact) mass is 279 g/mol. The average molecular weight is 279 g/mol. The maximum atomic E-state index is 4.60. The minimum absolute atomic E-state index is 0.969. The largest absolute Gasteiger partial charge is 0.368 e. The maximum Gasteiger partial charge on any atom is 0.0543 e. The number of para-hydroxylation sites is 1. The minimum atomic E-state index is 0.969. The van der Waals surface area contributed by atoms with Gasteiger partial charge in [0.05, 0.1) is 19.3 Å². The fraction of sp³-hybridized carbons (Fsp3) is 0.278. The van der Waals surface area contributed by atoms with Gasteiger partial charge in [-0.15, -0.1) is 0 Å². The summed E-state index contributed by atoms with van der Waals surface area (Å²) >= 11 is 0. The Morgan fingerprint density at radius 2 is 1.67 bits per heavy atom. The lowest BCUT2D eigenvalue weighted by molar-refractivity contribution is 0.272. The van der Waals surface area contributed by atoms with Gasteiger partial charge in [-0.3, -0.25) is 5.01 Å². The molecule has 108 valence electrons. The second-order valence-corrected chi connectivity index (χ2v) is 5.43. The first-order valence-corrected chi connectivity index (χ1v) is 7.47. The molecule has 3 rings (SSSR count). The van der Waals surface area contributed by atoms with Crippen LogP contribution in [0.3, 0.4) is 0 Å². The second-order valence-electron chi connectivity index (χ2n) is 5.43. The van der Waals surface area contributed by atoms with Gasteiger partial charge in [-0.1, -0.05) is 48.0 Å². The Kier molecular flexibility index (Phi) is 4.20. The molecule has 2 aromatic carbocycles. The predicted molar refractivity (Wildman–Crippen MR) is 89.0 cm³/mol. The number of benzene rings is 2. The quantitative estimate of drug-likeness (QED) is 0.804. The number of hydrogen-bond acceptors (Lipinski definition) is 3. The van der Waals surface area contributed by atoms with Gasteiger partial charge in [0, 0.05) is 18.8 Å². The summed E-state index contributed by atoms with van der Waals surface area (Å²) in [5.74, 6) is 0. The van der Waals surface area contributed by atoms with Gasteiger partial charge in [0.1, 0.15) is 0 Å². The van der Waals surface area contributed by atoms with Crippen LogP contribution >= 0.6 is 0 Å². The lowest BCUT2D eigenvalue weighted by Gasteiger charge is -2.34. The highest BCUT2D eigenvalue weighted by molar-refractivity contribution is 5.79. The third-order valence-corrected chi connectivity index (χ3v) is 3.79. The van der Waals surface area contributed by atoms with E-state index in [0.29, 0.717) is 0 Å². The standard InChI is InChI=1S/C18H21N3/c1-16-6-5-7-17(14-16)15-19-21-12-10-20(11-13-21)18-8-3-2-4-9-18/h2-9,14-15H,10-13H2,1H3/b19-15-. The van der Waals surface area contributed by atoms with Crippen molar-refractivity contribution in [1.82, 2.24) is 5.01 Å². The van der Waals surface area contributed by atoms with E-state index in [4.69, 9.17) is 0 Å². The summed E-state index contributed by atoms with van der Waals surface area (Å²) < 4.78 is 0. The van der Waals surface area contributed by atoms with Gasteiger partial charge in [0.2, 0.25) is 0 Å². The first kappa shape index (κ1) is 13.7. The van der Waals surface area contributed by atoms with Crippen LogP contribution in [0, 0.1) is 6.92 Å². The molecule has 0 saturated carbocycles. The molecule has 3 nitrogen and oxygen atoms in total. The van der Waals surface area contributed by atoms with E-state index in [9.17, 15) is 0 Å². The molecule has 0 bridgehead atoms. The summed E-state index contributed by atoms with van der Waals surface area (Å²) in [5, 5.41) is 6.76. The van der Waals surface area contributed by atoms with Crippen LogP contribution < -0.4 is 4.90 Å². The first-order valence-electron chi connectivity index (χ1n) is 7.47. The number of aryl methyl sites for hydroxylation is 1. The van der Waals surface area contributed by atoms with Crippen LogP contribution in [0.25, 0.3) is 0 Å². The number of rotatable bonds is 3. The molecule has 0 aliphatic carbocycles.